The number of sulfone groups is 1. The summed E-state index contributed by atoms with van der Waals surface area (Å²) in [6.45, 7) is 10.7. The van der Waals surface area contributed by atoms with Gasteiger partial charge in [-0.3, -0.25) is 4.79 Å². The number of anilines is 3. The van der Waals surface area contributed by atoms with Crippen LogP contribution in [0.3, 0.4) is 0 Å². The first kappa shape index (κ1) is 38.1. The number of aromatic nitrogens is 2. The lowest BCUT2D eigenvalue weighted by Gasteiger charge is -2.26. The van der Waals surface area contributed by atoms with E-state index >= 15 is 0 Å². The first-order valence-corrected chi connectivity index (χ1v) is 16.4. The molecular weight excluding hydrogens is 659 g/mol. The zero-order chi connectivity index (χ0) is 31.4. The summed E-state index contributed by atoms with van der Waals surface area (Å²) in [6.07, 6.45) is 5.52. The van der Waals surface area contributed by atoms with E-state index in [0.717, 1.165) is 17.6 Å². The molecule has 45 heavy (non-hydrogen) atoms. The largest absolute Gasteiger partial charge is 0.456 e. The van der Waals surface area contributed by atoms with Crippen LogP contribution in [0.1, 0.15) is 57.0 Å². The third-order valence-electron chi connectivity index (χ3n) is 6.40. The highest BCUT2D eigenvalue weighted by Crippen LogP contribution is 2.34. The summed E-state index contributed by atoms with van der Waals surface area (Å²) in [7, 11) is -3.13. The molecule has 1 aliphatic heterocycles. The maximum atomic E-state index is 12.6. The molecule has 246 valence electrons. The Hall–Kier alpha value is -3.09. The number of benzene rings is 2. The van der Waals surface area contributed by atoms with E-state index in [9.17, 15) is 13.2 Å². The minimum absolute atomic E-state index is 0. The van der Waals surface area contributed by atoms with Gasteiger partial charge in [-0.2, -0.15) is 0 Å². The molecule has 4 rings (SSSR count). The number of nitrogens with zero attached hydrogens (tertiary/aromatic N) is 2. The highest BCUT2D eigenvalue weighted by atomic mass is 35.5. The van der Waals surface area contributed by atoms with E-state index in [0.29, 0.717) is 52.5 Å². The van der Waals surface area contributed by atoms with Crippen molar-refractivity contribution in [3.05, 3.63) is 70.5 Å². The van der Waals surface area contributed by atoms with E-state index in [1.54, 1.807) is 36.4 Å². The lowest BCUT2D eigenvalue weighted by molar-refractivity contribution is 0.0919. The van der Waals surface area contributed by atoms with Crippen molar-refractivity contribution in [2.45, 2.75) is 52.1 Å². The summed E-state index contributed by atoms with van der Waals surface area (Å²) >= 11 is 6.60. The molecule has 1 aromatic heterocycles. The SMILES string of the molecule is CC(C)(C)NC(=O)c1cccc(Oc2ccc(Nc3ncnc4c3C=C(CNC(C)(C)CS(C)(=O)=O)CCN4)cc2Cl)c1.Cl.Cl. The van der Waals surface area contributed by atoms with Crippen LogP contribution in [0.5, 0.6) is 11.5 Å². The smallest absolute Gasteiger partial charge is 0.251 e. The number of carbonyl (C=O) groups excluding carboxylic acids is 1. The fraction of sp³-hybridized carbons (Fsp3) is 0.387. The van der Waals surface area contributed by atoms with Crippen LogP contribution < -0.4 is 26.0 Å². The van der Waals surface area contributed by atoms with E-state index < -0.39 is 15.4 Å². The Bertz CT molecular complexity index is 1640. The summed E-state index contributed by atoms with van der Waals surface area (Å²) in [6, 6.07) is 12.2. The van der Waals surface area contributed by atoms with Gasteiger partial charge in [0.25, 0.3) is 5.91 Å². The summed E-state index contributed by atoms with van der Waals surface area (Å²) < 4.78 is 29.7. The number of halogens is 3. The van der Waals surface area contributed by atoms with Gasteiger partial charge >= 0.3 is 0 Å². The molecule has 14 heteroatoms. The van der Waals surface area contributed by atoms with Gasteiger partial charge in [-0.1, -0.05) is 23.2 Å². The normalized spacial score (nSPS) is 13.1. The second kappa shape index (κ2) is 15.5. The minimum Gasteiger partial charge on any atom is -0.456 e. The molecule has 0 unspecified atom stereocenters. The molecule has 0 aliphatic carbocycles. The number of hydrogen-bond acceptors (Lipinski definition) is 9. The average Bonchev–Trinajstić information content (AvgIpc) is 3.10. The molecular formula is C31H41Cl3N6O4S. The number of nitrogens with one attached hydrogen (secondary N) is 4. The van der Waals surface area contributed by atoms with Gasteiger partial charge in [0.15, 0.2) is 0 Å². The van der Waals surface area contributed by atoms with Crippen molar-refractivity contribution in [3.8, 4) is 11.5 Å². The summed E-state index contributed by atoms with van der Waals surface area (Å²) in [5, 5.41) is 13.4. The third-order valence-corrected chi connectivity index (χ3v) is 7.94. The fourth-order valence-corrected chi connectivity index (χ4v) is 6.26. The molecule has 0 saturated carbocycles. The lowest BCUT2D eigenvalue weighted by atomic mass is 10.1. The standard InChI is InChI=1S/C31H39ClN6O4S.2ClH/c1-30(2,3)38-29(39)21-8-7-9-23(15-21)42-26-11-10-22(16-25(26)32)37-28-24-14-20(12-13-33-27(24)34-19-35-28)17-36-31(4,5)18-43(6,40)41;;/h7-11,14-16,19,36H,12-13,17-18H2,1-6H3,(H,38,39)(H2,33,34,35,37);2*1H. The maximum Gasteiger partial charge on any atom is 0.251 e. The van der Waals surface area contributed by atoms with E-state index in [1.807, 2.05) is 46.8 Å². The van der Waals surface area contributed by atoms with E-state index in [2.05, 4.69) is 31.2 Å². The van der Waals surface area contributed by atoms with Crippen molar-refractivity contribution in [1.29, 1.82) is 0 Å². The van der Waals surface area contributed by atoms with Crippen molar-refractivity contribution in [2.75, 3.05) is 35.7 Å². The predicted octanol–water partition coefficient (Wildman–Crippen LogP) is 6.65. The number of carbonyl (C=O) groups is 1. The van der Waals surface area contributed by atoms with Gasteiger partial charge in [0.2, 0.25) is 0 Å². The molecule has 0 radical (unpaired) electrons. The quantitative estimate of drug-likeness (QED) is 0.184. The van der Waals surface area contributed by atoms with Crippen molar-refractivity contribution in [1.82, 2.24) is 20.6 Å². The van der Waals surface area contributed by atoms with Crippen molar-refractivity contribution < 1.29 is 17.9 Å². The molecule has 2 aromatic carbocycles. The van der Waals surface area contributed by atoms with Gasteiger partial charge in [0.05, 0.1) is 16.3 Å². The average molecular weight is 700 g/mol. The molecule has 4 N–H and O–H groups in total. The Labute approximate surface area is 282 Å². The van der Waals surface area contributed by atoms with Crippen LogP contribution >= 0.6 is 36.4 Å². The van der Waals surface area contributed by atoms with E-state index in [4.69, 9.17) is 16.3 Å². The number of fused-ring (bicyclic) bond motifs is 1. The van der Waals surface area contributed by atoms with Crippen LogP contribution in [0.2, 0.25) is 5.02 Å². The summed E-state index contributed by atoms with van der Waals surface area (Å²) in [5.74, 6) is 2.07. The van der Waals surface area contributed by atoms with Gasteiger partial charge in [-0.05, 0) is 83.5 Å². The number of hydrogen-bond donors (Lipinski definition) is 4. The first-order valence-electron chi connectivity index (χ1n) is 13.9. The Morgan fingerprint density at radius 2 is 1.80 bits per heavy atom. The third kappa shape index (κ3) is 11.7. The molecule has 0 spiro atoms. The zero-order valence-electron chi connectivity index (χ0n) is 26.2. The van der Waals surface area contributed by atoms with E-state index in [1.165, 1.54) is 12.6 Å². The monoisotopic (exact) mass is 698 g/mol. The van der Waals surface area contributed by atoms with Crippen LogP contribution in [-0.4, -0.2) is 60.5 Å². The lowest BCUT2D eigenvalue weighted by Crippen LogP contribution is -2.45. The van der Waals surface area contributed by atoms with Crippen molar-refractivity contribution >= 4 is 75.6 Å². The fourth-order valence-electron chi connectivity index (χ4n) is 4.63. The van der Waals surface area contributed by atoms with Gasteiger partial charge in [-0.25, -0.2) is 18.4 Å². The molecule has 0 bridgehead atoms. The topological polar surface area (TPSA) is 134 Å². The highest BCUT2D eigenvalue weighted by Gasteiger charge is 2.24. The Morgan fingerprint density at radius 1 is 1.07 bits per heavy atom. The van der Waals surface area contributed by atoms with Gasteiger partial charge in [0.1, 0.15) is 39.3 Å². The predicted molar refractivity (Wildman–Crippen MR) is 188 cm³/mol. The molecule has 10 nitrogen and oxygen atoms in total. The summed E-state index contributed by atoms with van der Waals surface area (Å²) in [4.78, 5) is 21.5. The van der Waals surface area contributed by atoms with E-state index in [-0.39, 0.29) is 42.0 Å². The molecule has 0 atom stereocenters. The van der Waals surface area contributed by atoms with Crippen LogP contribution in [0.25, 0.3) is 6.08 Å². The molecule has 0 saturated heterocycles. The number of ether oxygens (including phenoxy) is 1. The second-order valence-corrected chi connectivity index (χ2v) is 14.9. The molecule has 0 fully saturated rings. The Balaban J connectivity index is 0.00000353. The van der Waals surface area contributed by atoms with Gasteiger partial charge in [-0.15, -0.1) is 24.8 Å². The van der Waals surface area contributed by atoms with Crippen LogP contribution in [0, 0.1) is 0 Å². The maximum absolute atomic E-state index is 12.6. The first-order chi connectivity index (χ1) is 20.1. The second-order valence-electron chi connectivity index (χ2n) is 12.4. The highest BCUT2D eigenvalue weighted by molar-refractivity contribution is 7.90. The van der Waals surface area contributed by atoms with Crippen molar-refractivity contribution in [3.63, 3.8) is 0 Å². The van der Waals surface area contributed by atoms with Gasteiger partial charge in [0, 0.05) is 41.7 Å². The Morgan fingerprint density at radius 3 is 2.47 bits per heavy atom. The van der Waals surface area contributed by atoms with Crippen LogP contribution in [-0.2, 0) is 9.84 Å². The molecule has 1 amide bonds. The van der Waals surface area contributed by atoms with Crippen molar-refractivity contribution in [2.24, 2.45) is 0 Å². The zero-order valence-corrected chi connectivity index (χ0v) is 29.4. The molecule has 2 heterocycles. The van der Waals surface area contributed by atoms with Gasteiger partial charge < -0.3 is 26.0 Å². The Kier molecular flexibility index (Phi) is 13.1. The van der Waals surface area contributed by atoms with Crippen LogP contribution in [0.15, 0.2) is 54.4 Å². The molecule has 1 aliphatic rings. The minimum atomic E-state index is -3.13. The number of rotatable bonds is 10. The van der Waals surface area contributed by atoms with Crippen LogP contribution in [0.4, 0.5) is 17.3 Å². The summed E-state index contributed by atoms with van der Waals surface area (Å²) in [5.41, 5.74) is 2.13. The molecule has 3 aromatic rings. The number of amides is 1.